The summed E-state index contributed by atoms with van der Waals surface area (Å²) in [6, 6.07) is 4.75. The Morgan fingerprint density at radius 2 is 2.25 bits per heavy atom. The highest BCUT2D eigenvalue weighted by molar-refractivity contribution is 7.99. The predicted molar refractivity (Wildman–Crippen MR) is 95.9 cm³/mol. The Morgan fingerprint density at radius 3 is 2.92 bits per heavy atom. The van der Waals surface area contributed by atoms with E-state index in [0.29, 0.717) is 24.6 Å². The number of carbonyl (C=O) groups excluding carboxylic acids is 2. The highest BCUT2D eigenvalue weighted by Gasteiger charge is 2.07. The molecule has 0 aliphatic heterocycles. The van der Waals surface area contributed by atoms with Gasteiger partial charge in [-0.15, -0.1) is 11.8 Å². The molecule has 0 fully saturated rings. The van der Waals surface area contributed by atoms with E-state index in [2.05, 4.69) is 27.1 Å². The van der Waals surface area contributed by atoms with E-state index in [1.165, 1.54) is 6.07 Å². The van der Waals surface area contributed by atoms with Crippen molar-refractivity contribution in [3.63, 3.8) is 0 Å². The van der Waals surface area contributed by atoms with E-state index in [4.69, 9.17) is 10.3 Å². The number of aliphatic imine (C=N–C) groups is 1. The van der Waals surface area contributed by atoms with E-state index in [1.54, 1.807) is 30.8 Å². The lowest BCUT2D eigenvalue weighted by Gasteiger charge is -2.10. The number of benzene rings is 1. The second-order valence-corrected chi connectivity index (χ2v) is 5.63. The summed E-state index contributed by atoms with van der Waals surface area (Å²) < 4.78 is 4.86. The molecule has 0 aliphatic rings. The molecule has 24 heavy (non-hydrogen) atoms. The van der Waals surface area contributed by atoms with Crippen LogP contribution in [0.25, 0.3) is 10.4 Å². The van der Waals surface area contributed by atoms with Crippen molar-refractivity contribution in [2.45, 2.75) is 19.8 Å². The van der Waals surface area contributed by atoms with Crippen molar-refractivity contribution in [1.29, 1.82) is 0 Å². The highest BCUT2D eigenvalue weighted by atomic mass is 32.2. The van der Waals surface area contributed by atoms with Crippen molar-refractivity contribution in [3.05, 3.63) is 34.2 Å². The predicted octanol–water partition coefficient (Wildman–Crippen LogP) is 3.92. The zero-order chi connectivity index (χ0) is 17.8. The first-order valence-electron chi connectivity index (χ1n) is 7.29. The number of ether oxygens (including phenoxy) is 1. The van der Waals surface area contributed by atoms with Gasteiger partial charge in [-0.05, 0) is 54.7 Å². The molecule has 128 valence electrons. The molecule has 0 saturated heterocycles. The third-order valence-corrected chi connectivity index (χ3v) is 3.82. The molecule has 0 spiro atoms. The summed E-state index contributed by atoms with van der Waals surface area (Å²) in [6.07, 6.45) is 1.16. The molecular weight excluding hydrogens is 330 g/mol. The number of azide groups is 1. The van der Waals surface area contributed by atoms with Crippen LogP contribution >= 0.6 is 11.8 Å². The molecule has 9 heteroatoms. The fourth-order valence-corrected chi connectivity index (χ4v) is 2.55. The molecule has 0 atom stereocenters. The van der Waals surface area contributed by atoms with Gasteiger partial charge in [0.25, 0.3) is 0 Å². The molecule has 0 saturated carbocycles. The van der Waals surface area contributed by atoms with Crippen LogP contribution in [0.3, 0.4) is 0 Å². The number of hydrogen-bond acceptors (Lipinski definition) is 6. The molecule has 0 unspecified atom stereocenters. The monoisotopic (exact) mass is 349 g/mol. The largest absolute Gasteiger partial charge is 0.466 e. The van der Waals surface area contributed by atoms with Crippen LogP contribution in [0.1, 0.15) is 30.1 Å². The van der Waals surface area contributed by atoms with Crippen LogP contribution < -0.4 is 5.32 Å². The molecule has 1 N–H and O–H groups in total. The standard InChI is InChI=1S/C15H19N5O3S/c1-3-23-14(21)5-4-8-24-10-18-12-7-6-11(9-13(12)17-2)15(22)19-20-16/h6-7,9,18H,2-5,8,10H2,1H3. The number of hydrogen-bond donors (Lipinski definition) is 1. The lowest BCUT2D eigenvalue weighted by molar-refractivity contribution is -0.143. The van der Waals surface area contributed by atoms with Gasteiger partial charge >= 0.3 is 5.97 Å². The van der Waals surface area contributed by atoms with Crippen molar-refractivity contribution in [3.8, 4) is 0 Å². The average Bonchev–Trinajstić information content (AvgIpc) is 2.58. The first-order chi connectivity index (χ1) is 11.6. The van der Waals surface area contributed by atoms with Gasteiger partial charge in [-0.3, -0.25) is 14.6 Å². The fourth-order valence-electron chi connectivity index (χ4n) is 1.80. The third-order valence-electron chi connectivity index (χ3n) is 2.89. The molecular formula is C15H19N5O3S. The second kappa shape index (κ2) is 11.1. The summed E-state index contributed by atoms with van der Waals surface area (Å²) in [5.41, 5.74) is 9.76. The number of rotatable bonds is 10. The molecule has 1 amide bonds. The van der Waals surface area contributed by atoms with Crippen molar-refractivity contribution in [1.82, 2.24) is 0 Å². The number of nitrogens with zero attached hydrogens (tertiary/aromatic N) is 4. The number of nitrogens with one attached hydrogen (secondary N) is 1. The van der Waals surface area contributed by atoms with Gasteiger partial charge in [0.05, 0.1) is 23.9 Å². The highest BCUT2D eigenvalue weighted by Crippen LogP contribution is 2.26. The van der Waals surface area contributed by atoms with Gasteiger partial charge in [0.2, 0.25) is 5.91 Å². The first-order valence-corrected chi connectivity index (χ1v) is 8.45. The summed E-state index contributed by atoms with van der Waals surface area (Å²) in [5, 5.41) is 6.21. The van der Waals surface area contributed by atoms with Crippen molar-refractivity contribution in [2.24, 2.45) is 10.1 Å². The first kappa shape index (κ1) is 19.5. The molecule has 0 aromatic heterocycles. The van der Waals surface area contributed by atoms with Crippen LogP contribution in [0.2, 0.25) is 0 Å². The smallest absolute Gasteiger partial charge is 0.305 e. The summed E-state index contributed by atoms with van der Waals surface area (Å²) >= 11 is 1.63. The molecule has 1 aromatic rings. The Morgan fingerprint density at radius 1 is 1.46 bits per heavy atom. The lowest BCUT2D eigenvalue weighted by Crippen LogP contribution is -2.05. The maximum Gasteiger partial charge on any atom is 0.305 e. The van der Waals surface area contributed by atoms with Crippen molar-refractivity contribution in [2.75, 3.05) is 23.6 Å². The van der Waals surface area contributed by atoms with Crippen molar-refractivity contribution < 1.29 is 14.3 Å². The quantitative estimate of drug-likeness (QED) is 0.131. The molecule has 0 heterocycles. The minimum atomic E-state index is -0.665. The Bertz CT molecular complexity index is 644. The van der Waals surface area contributed by atoms with Crippen LogP contribution in [0.5, 0.6) is 0 Å². The Balaban J connectivity index is 2.45. The van der Waals surface area contributed by atoms with Gasteiger partial charge in [0, 0.05) is 16.9 Å². The number of thioether (sulfide) groups is 1. The van der Waals surface area contributed by atoms with Crippen LogP contribution in [0.15, 0.2) is 28.3 Å². The third kappa shape index (κ3) is 6.72. The maximum absolute atomic E-state index is 11.5. The fraction of sp³-hybridized carbons (Fsp3) is 0.400. The molecule has 1 aromatic carbocycles. The molecule has 0 radical (unpaired) electrons. The average molecular weight is 349 g/mol. The van der Waals surface area contributed by atoms with Crippen LogP contribution in [-0.4, -0.2) is 36.8 Å². The van der Waals surface area contributed by atoms with Crippen LogP contribution in [0.4, 0.5) is 11.4 Å². The summed E-state index contributed by atoms with van der Waals surface area (Å²) in [7, 11) is 0. The van der Waals surface area contributed by atoms with E-state index < -0.39 is 5.91 Å². The molecule has 0 bridgehead atoms. The van der Waals surface area contributed by atoms with Crippen LogP contribution in [0, 0.1) is 0 Å². The normalized spacial score (nSPS) is 9.71. The maximum atomic E-state index is 11.5. The Kier molecular flexibility index (Phi) is 9.03. The number of esters is 1. The lowest BCUT2D eigenvalue weighted by atomic mass is 10.1. The minimum absolute atomic E-state index is 0.176. The van der Waals surface area contributed by atoms with Gasteiger partial charge in [-0.2, -0.15) is 0 Å². The van der Waals surface area contributed by atoms with E-state index in [0.717, 1.165) is 17.9 Å². The second-order valence-electron chi connectivity index (χ2n) is 4.52. The minimum Gasteiger partial charge on any atom is -0.466 e. The topological polar surface area (TPSA) is 117 Å². The van der Waals surface area contributed by atoms with E-state index in [1.807, 2.05) is 0 Å². The Labute approximate surface area is 144 Å². The zero-order valence-corrected chi connectivity index (χ0v) is 14.2. The van der Waals surface area contributed by atoms with Gasteiger partial charge in [0.1, 0.15) is 0 Å². The van der Waals surface area contributed by atoms with Crippen molar-refractivity contribution >= 4 is 41.7 Å². The van der Waals surface area contributed by atoms with Gasteiger partial charge in [-0.25, -0.2) is 0 Å². The summed E-state index contributed by atoms with van der Waals surface area (Å²) in [4.78, 5) is 29.0. The van der Waals surface area contributed by atoms with E-state index >= 15 is 0 Å². The summed E-state index contributed by atoms with van der Waals surface area (Å²) in [5.74, 6) is 0.595. The molecule has 8 nitrogen and oxygen atoms in total. The van der Waals surface area contributed by atoms with Crippen LogP contribution in [-0.2, 0) is 9.53 Å². The van der Waals surface area contributed by atoms with E-state index in [-0.39, 0.29) is 11.5 Å². The Hall–Kier alpha value is -2.51. The number of carbonyl (C=O) groups is 2. The molecule has 0 aliphatic carbocycles. The van der Waals surface area contributed by atoms with E-state index in [9.17, 15) is 9.59 Å². The van der Waals surface area contributed by atoms with Gasteiger partial charge in [-0.1, -0.05) is 0 Å². The molecule has 1 rings (SSSR count). The SMILES string of the molecule is C=Nc1cc(C(=O)N=[N+]=[N-])ccc1NCSCCCC(=O)OCC. The summed E-state index contributed by atoms with van der Waals surface area (Å²) in [6.45, 7) is 5.66. The number of anilines is 1. The van der Waals surface area contributed by atoms with Gasteiger partial charge in [0.15, 0.2) is 0 Å². The zero-order valence-electron chi connectivity index (χ0n) is 13.4. The van der Waals surface area contributed by atoms with Gasteiger partial charge < -0.3 is 10.1 Å². The number of amides is 1.